The number of allylic oxidation sites excluding steroid dienone is 2. The Kier molecular flexibility index (Phi) is 5.24. The predicted molar refractivity (Wildman–Crippen MR) is 98.3 cm³/mol. The zero-order valence-corrected chi connectivity index (χ0v) is 15.8. The van der Waals surface area contributed by atoms with Crippen LogP contribution in [-0.4, -0.2) is 29.7 Å². The van der Waals surface area contributed by atoms with E-state index in [1.807, 2.05) is 6.07 Å². The molecule has 0 bridgehead atoms. The van der Waals surface area contributed by atoms with Crippen molar-refractivity contribution in [3.63, 3.8) is 0 Å². The highest BCUT2D eigenvalue weighted by atomic mass is 79.9. The Morgan fingerprint density at radius 3 is 3.09 bits per heavy atom. The zero-order chi connectivity index (χ0) is 16.4. The molecule has 23 heavy (non-hydrogen) atoms. The highest BCUT2D eigenvalue weighted by Gasteiger charge is 2.20. The third-order valence-corrected chi connectivity index (χ3v) is 5.83. The van der Waals surface area contributed by atoms with Gasteiger partial charge >= 0.3 is 0 Å². The summed E-state index contributed by atoms with van der Waals surface area (Å²) in [6.07, 6.45) is 4.41. The number of carbonyl (C=O) groups is 1. The van der Waals surface area contributed by atoms with E-state index in [9.17, 15) is 4.79 Å². The van der Waals surface area contributed by atoms with Crippen LogP contribution in [0.2, 0.25) is 0 Å². The summed E-state index contributed by atoms with van der Waals surface area (Å²) in [6.45, 7) is 6.23. The van der Waals surface area contributed by atoms with Crippen LogP contribution in [-0.2, 0) is 11.3 Å². The van der Waals surface area contributed by atoms with Gasteiger partial charge in [0.2, 0.25) is 0 Å². The number of nitrogens with one attached hydrogen (secondary N) is 1. The van der Waals surface area contributed by atoms with Crippen LogP contribution in [0.5, 0.6) is 0 Å². The molecule has 0 saturated carbocycles. The summed E-state index contributed by atoms with van der Waals surface area (Å²) >= 11 is 5.25. The number of hydrogen-bond donors (Lipinski definition) is 1. The molecule has 1 amide bonds. The van der Waals surface area contributed by atoms with Crippen LogP contribution < -0.4 is 5.32 Å². The van der Waals surface area contributed by atoms with Crippen molar-refractivity contribution < 1.29 is 9.53 Å². The van der Waals surface area contributed by atoms with E-state index in [0.29, 0.717) is 18.8 Å². The molecule has 3 rings (SSSR count). The van der Waals surface area contributed by atoms with Gasteiger partial charge in [0.05, 0.1) is 20.8 Å². The summed E-state index contributed by atoms with van der Waals surface area (Å²) in [4.78, 5) is 12.6. The summed E-state index contributed by atoms with van der Waals surface area (Å²) in [5.41, 5.74) is 3.04. The zero-order valence-electron chi connectivity index (χ0n) is 13.4. The number of carbonyl (C=O) groups excluding carboxylic acids is 1. The van der Waals surface area contributed by atoms with E-state index in [1.165, 1.54) is 5.57 Å². The number of hydrogen-bond acceptors (Lipinski definition) is 3. The largest absolute Gasteiger partial charge is 0.376 e. The quantitative estimate of drug-likeness (QED) is 0.763. The Bertz CT molecular complexity index is 737. The average Bonchev–Trinajstić information content (AvgIpc) is 3.21. The lowest BCUT2D eigenvalue weighted by Crippen LogP contribution is -2.33. The van der Waals surface area contributed by atoms with Gasteiger partial charge in [0.25, 0.3) is 5.91 Å². The van der Waals surface area contributed by atoms with Gasteiger partial charge in [-0.1, -0.05) is 11.6 Å². The maximum Gasteiger partial charge on any atom is 0.268 e. The minimum Gasteiger partial charge on any atom is -0.376 e. The molecule has 0 spiro atoms. The molecule has 1 atom stereocenters. The van der Waals surface area contributed by atoms with E-state index >= 15 is 0 Å². The summed E-state index contributed by atoms with van der Waals surface area (Å²) in [7, 11) is 0. The Morgan fingerprint density at radius 2 is 2.39 bits per heavy atom. The van der Waals surface area contributed by atoms with Crippen LogP contribution >= 0.6 is 27.3 Å². The Hall–Kier alpha value is -1.11. The number of aromatic nitrogens is 1. The molecular weight excluding hydrogens is 376 g/mol. The fourth-order valence-corrected chi connectivity index (χ4v) is 4.48. The van der Waals surface area contributed by atoms with Gasteiger partial charge in [0.1, 0.15) is 5.69 Å². The lowest BCUT2D eigenvalue weighted by atomic mass is 10.2. The van der Waals surface area contributed by atoms with Crippen LogP contribution in [0.4, 0.5) is 0 Å². The van der Waals surface area contributed by atoms with E-state index in [0.717, 1.165) is 34.1 Å². The molecule has 0 unspecified atom stereocenters. The van der Waals surface area contributed by atoms with Crippen molar-refractivity contribution in [3.05, 3.63) is 33.3 Å². The van der Waals surface area contributed by atoms with Gasteiger partial charge in [-0.05, 0) is 48.7 Å². The highest BCUT2D eigenvalue weighted by Crippen LogP contribution is 2.33. The Labute approximate surface area is 148 Å². The molecule has 1 aliphatic heterocycles. The molecule has 1 saturated heterocycles. The van der Waals surface area contributed by atoms with Gasteiger partial charge in [-0.2, -0.15) is 0 Å². The Balaban J connectivity index is 1.84. The van der Waals surface area contributed by atoms with Gasteiger partial charge in [0.15, 0.2) is 0 Å². The number of ether oxygens (including phenoxy) is 1. The van der Waals surface area contributed by atoms with E-state index in [4.69, 9.17) is 4.74 Å². The molecule has 1 N–H and O–H groups in total. The maximum atomic E-state index is 12.6. The fourth-order valence-electron chi connectivity index (χ4n) is 2.79. The van der Waals surface area contributed by atoms with Gasteiger partial charge in [0, 0.05) is 25.1 Å². The first-order valence-electron chi connectivity index (χ1n) is 7.85. The topological polar surface area (TPSA) is 43.3 Å². The normalized spacial score (nSPS) is 17.6. The number of nitrogens with zero attached hydrogens (tertiary/aromatic N) is 1. The summed E-state index contributed by atoms with van der Waals surface area (Å²) < 4.78 is 9.82. The molecule has 3 heterocycles. The minimum atomic E-state index is -0.0297. The second-order valence-corrected chi connectivity index (χ2v) is 7.83. The first-order valence-corrected chi connectivity index (χ1v) is 9.53. The van der Waals surface area contributed by atoms with Crippen molar-refractivity contribution in [2.45, 2.75) is 39.3 Å². The summed E-state index contributed by atoms with van der Waals surface area (Å²) in [5, 5.41) is 5.09. The van der Waals surface area contributed by atoms with Crippen molar-refractivity contribution in [1.29, 1.82) is 0 Å². The van der Waals surface area contributed by atoms with Crippen molar-refractivity contribution in [2.24, 2.45) is 0 Å². The lowest BCUT2D eigenvalue weighted by molar-refractivity contribution is 0.0851. The molecule has 124 valence electrons. The van der Waals surface area contributed by atoms with Crippen LogP contribution in [0.15, 0.2) is 27.6 Å². The standard InChI is InChI=1S/C17H21BrN2O2S/c1-11(2)5-6-20-14(8-15-16(20)13(18)10-23-15)17(21)19-9-12-4-3-7-22-12/h5,8,10,12H,3-4,6-7,9H2,1-2H3,(H,19,21)/t12-/m1/s1. The summed E-state index contributed by atoms with van der Waals surface area (Å²) in [5.74, 6) is -0.0297. The van der Waals surface area contributed by atoms with Crippen molar-refractivity contribution in [1.82, 2.24) is 9.88 Å². The maximum absolute atomic E-state index is 12.6. The van der Waals surface area contributed by atoms with E-state index in [-0.39, 0.29) is 12.0 Å². The molecule has 0 aliphatic carbocycles. The van der Waals surface area contributed by atoms with Crippen LogP contribution in [0.25, 0.3) is 10.2 Å². The molecule has 0 radical (unpaired) electrons. The third-order valence-electron chi connectivity index (χ3n) is 4.01. The van der Waals surface area contributed by atoms with Crippen molar-refractivity contribution >= 4 is 43.4 Å². The SMILES string of the molecule is CC(C)=CCn1c(C(=O)NC[C@H]2CCCO2)cc2scc(Br)c21. The van der Waals surface area contributed by atoms with Gasteiger partial charge in [-0.15, -0.1) is 11.3 Å². The van der Waals surface area contributed by atoms with Crippen molar-refractivity contribution in [3.8, 4) is 0 Å². The number of thiophene rings is 1. The van der Waals surface area contributed by atoms with E-state index in [2.05, 4.69) is 51.1 Å². The molecule has 4 nitrogen and oxygen atoms in total. The lowest BCUT2D eigenvalue weighted by Gasteiger charge is -2.12. The molecule has 1 fully saturated rings. The monoisotopic (exact) mass is 396 g/mol. The van der Waals surface area contributed by atoms with Gasteiger partial charge in [-0.3, -0.25) is 4.79 Å². The predicted octanol–water partition coefficient (Wildman–Crippen LogP) is 4.34. The third kappa shape index (κ3) is 3.70. The average molecular weight is 397 g/mol. The number of rotatable bonds is 5. The minimum absolute atomic E-state index is 0.0297. The fraction of sp³-hybridized carbons (Fsp3) is 0.471. The van der Waals surface area contributed by atoms with Crippen LogP contribution in [0.1, 0.15) is 37.2 Å². The second-order valence-electron chi connectivity index (χ2n) is 6.06. The molecule has 6 heteroatoms. The second kappa shape index (κ2) is 7.20. The Morgan fingerprint density at radius 1 is 1.57 bits per heavy atom. The molecule has 2 aromatic heterocycles. The highest BCUT2D eigenvalue weighted by molar-refractivity contribution is 9.10. The molecular formula is C17H21BrN2O2S. The number of fused-ring (bicyclic) bond motifs is 1. The van der Waals surface area contributed by atoms with Crippen LogP contribution in [0.3, 0.4) is 0 Å². The van der Waals surface area contributed by atoms with Gasteiger partial charge < -0.3 is 14.6 Å². The molecule has 2 aromatic rings. The number of halogens is 1. The first kappa shape index (κ1) is 16.7. The molecule has 1 aliphatic rings. The number of amides is 1. The van der Waals surface area contributed by atoms with Crippen molar-refractivity contribution in [2.75, 3.05) is 13.2 Å². The van der Waals surface area contributed by atoms with Gasteiger partial charge in [-0.25, -0.2) is 0 Å². The van der Waals surface area contributed by atoms with Crippen LogP contribution in [0, 0.1) is 0 Å². The first-order chi connectivity index (χ1) is 11.1. The van der Waals surface area contributed by atoms with E-state index < -0.39 is 0 Å². The molecule has 0 aromatic carbocycles. The summed E-state index contributed by atoms with van der Waals surface area (Å²) in [6, 6.07) is 1.98. The van der Waals surface area contributed by atoms with E-state index in [1.54, 1.807) is 11.3 Å². The smallest absolute Gasteiger partial charge is 0.268 e.